The Morgan fingerprint density at radius 3 is 2.79 bits per heavy atom. The van der Waals surface area contributed by atoms with Crippen LogP contribution in [0.25, 0.3) is 0 Å². The van der Waals surface area contributed by atoms with Crippen LogP contribution >= 0.6 is 11.6 Å². The first-order valence-electron chi connectivity index (χ1n) is 5.62. The van der Waals surface area contributed by atoms with Crippen molar-refractivity contribution in [2.45, 2.75) is 13.0 Å². The molecule has 0 aliphatic carbocycles. The normalized spacial score (nSPS) is 11.5. The lowest BCUT2D eigenvalue weighted by Crippen LogP contribution is -2.45. The summed E-state index contributed by atoms with van der Waals surface area (Å²) in [6, 6.07) is 5.67. The van der Waals surface area contributed by atoms with Gasteiger partial charge in [0.15, 0.2) is 0 Å². The molecule has 2 N–H and O–H groups in total. The van der Waals surface area contributed by atoms with Gasteiger partial charge < -0.3 is 10.4 Å². The van der Waals surface area contributed by atoms with E-state index in [0.29, 0.717) is 10.7 Å². The van der Waals surface area contributed by atoms with Crippen LogP contribution in [-0.2, 0) is 4.79 Å². The number of nitrogens with one attached hydrogen (secondary N) is 1. The zero-order valence-corrected chi connectivity index (χ0v) is 11.2. The van der Waals surface area contributed by atoms with Crippen molar-refractivity contribution in [3.63, 3.8) is 0 Å². The Morgan fingerprint density at radius 1 is 1.58 bits per heavy atom. The third-order valence-corrected chi connectivity index (χ3v) is 2.60. The number of anilines is 1. The number of benzene rings is 1. The second kappa shape index (κ2) is 6.80. The van der Waals surface area contributed by atoms with E-state index in [1.807, 2.05) is 0 Å². The molecule has 1 rings (SSSR count). The highest BCUT2D eigenvalue weighted by Crippen LogP contribution is 2.19. The van der Waals surface area contributed by atoms with Gasteiger partial charge >= 0.3 is 12.0 Å². The average molecular weight is 283 g/mol. The van der Waals surface area contributed by atoms with Crippen molar-refractivity contribution in [1.82, 2.24) is 5.32 Å². The molecule has 1 unspecified atom stereocenters. The summed E-state index contributed by atoms with van der Waals surface area (Å²) in [6.07, 6.45) is 1.55. The van der Waals surface area contributed by atoms with Crippen LogP contribution in [0.5, 0.6) is 0 Å². The van der Waals surface area contributed by atoms with Gasteiger partial charge in [-0.25, -0.2) is 4.79 Å². The van der Waals surface area contributed by atoms with E-state index in [1.165, 1.54) is 6.07 Å². The third-order valence-electron chi connectivity index (χ3n) is 2.36. The van der Waals surface area contributed by atoms with Gasteiger partial charge in [-0.2, -0.15) is 0 Å². The van der Waals surface area contributed by atoms with Crippen LogP contribution in [-0.4, -0.2) is 29.7 Å². The van der Waals surface area contributed by atoms with Gasteiger partial charge in [-0.1, -0.05) is 23.7 Å². The zero-order chi connectivity index (χ0) is 14.4. The van der Waals surface area contributed by atoms with Gasteiger partial charge in [0.2, 0.25) is 0 Å². The number of hydrogen-bond acceptors (Lipinski definition) is 2. The summed E-state index contributed by atoms with van der Waals surface area (Å²) in [7, 11) is 0. The standard InChI is InChI=1S/C13H15ClN2O3/c1-3-9(2)15-13(19)16(8-12(17)18)11-6-4-5-10(14)7-11/h3-7,9H,1,8H2,2H3,(H,15,19)(H,17,18). The number of carbonyl (C=O) groups excluding carboxylic acids is 1. The molecule has 5 nitrogen and oxygen atoms in total. The van der Waals surface area contributed by atoms with Crippen molar-refractivity contribution in [3.05, 3.63) is 41.9 Å². The van der Waals surface area contributed by atoms with Gasteiger partial charge in [-0.05, 0) is 25.1 Å². The quantitative estimate of drug-likeness (QED) is 0.815. The van der Waals surface area contributed by atoms with Gasteiger partial charge in [0.25, 0.3) is 0 Å². The van der Waals surface area contributed by atoms with Crippen LogP contribution in [0.15, 0.2) is 36.9 Å². The molecule has 102 valence electrons. The Morgan fingerprint density at radius 2 is 2.26 bits per heavy atom. The minimum atomic E-state index is -1.11. The van der Waals surface area contributed by atoms with E-state index in [-0.39, 0.29) is 6.04 Å². The maximum Gasteiger partial charge on any atom is 0.323 e. The summed E-state index contributed by atoms with van der Waals surface area (Å²) in [5.41, 5.74) is 0.420. The van der Waals surface area contributed by atoms with Crippen molar-refractivity contribution in [1.29, 1.82) is 0 Å². The largest absolute Gasteiger partial charge is 0.480 e. The number of halogens is 1. The predicted molar refractivity (Wildman–Crippen MR) is 74.6 cm³/mol. The lowest BCUT2D eigenvalue weighted by atomic mass is 10.3. The summed E-state index contributed by atoms with van der Waals surface area (Å²) in [4.78, 5) is 24.0. The monoisotopic (exact) mass is 282 g/mol. The molecule has 0 saturated carbocycles. The topological polar surface area (TPSA) is 69.6 Å². The number of aliphatic carboxylic acids is 1. The van der Waals surface area contributed by atoms with Gasteiger partial charge in [0, 0.05) is 16.8 Å². The summed E-state index contributed by atoms with van der Waals surface area (Å²) >= 11 is 5.84. The number of amides is 2. The van der Waals surface area contributed by atoms with Crippen LogP contribution in [0.2, 0.25) is 5.02 Å². The van der Waals surface area contributed by atoms with E-state index >= 15 is 0 Å². The van der Waals surface area contributed by atoms with Crippen molar-refractivity contribution < 1.29 is 14.7 Å². The molecule has 1 atom stereocenters. The van der Waals surface area contributed by atoms with Crippen molar-refractivity contribution in [2.24, 2.45) is 0 Å². The van der Waals surface area contributed by atoms with Crippen LogP contribution in [0.3, 0.4) is 0 Å². The molecule has 0 spiro atoms. The third kappa shape index (κ3) is 4.63. The predicted octanol–water partition coefficient (Wildman–Crippen LogP) is 2.52. The summed E-state index contributed by atoms with van der Waals surface area (Å²) in [5, 5.41) is 11.9. The number of rotatable bonds is 5. The molecule has 0 aliphatic rings. The molecule has 0 saturated heterocycles. The highest BCUT2D eigenvalue weighted by molar-refractivity contribution is 6.30. The minimum absolute atomic E-state index is 0.261. The molecule has 0 radical (unpaired) electrons. The van der Waals surface area contributed by atoms with Crippen molar-refractivity contribution in [2.75, 3.05) is 11.4 Å². The van der Waals surface area contributed by atoms with E-state index in [0.717, 1.165) is 4.90 Å². The second-order valence-electron chi connectivity index (χ2n) is 3.93. The Labute approximate surface area is 116 Å². The minimum Gasteiger partial charge on any atom is -0.480 e. The molecule has 0 bridgehead atoms. The first-order valence-corrected chi connectivity index (χ1v) is 5.99. The number of hydrogen-bond donors (Lipinski definition) is 2. The lowest BCUT2D eigenvalue weighted by molar-refractivity contribution is -0.135. The van der Waals surface area contributed by atoms with Gasteiger partial charge in [-0.3, -0.25) is 9.69 Å². The smallest absolute Gasteiger partial charge is 0.323 e. The molecule has 1 aromatic rings. The number of nitrogens with zero attached hydrogens (tertiary/aromatic N) is 1. The lowest BCUT2D eigenvalue weighted by Gasteiger charge is -2.23. The van der Waals surface area contributed by atoms with Gasteiger partial charge in [0.1, 0.15) is 6.54 Å². The summed E-state index contributed by atoms with van der Waals surface area (Å²) < 4.78 is 0. The number of urea groups is 1. The first kappa shape index (κ1) is 15.0. The van der Waals surface area contributed by atoms with Crippen LogP contribution in [0.1, 0.15) is 6.92 Å². The fourth-order valence-electron chi connectivity index (χ4n) is 1.39. The number of carboxylic acid groups (broad SMARTS) is 1. The Balaban J connectivity index is 2.97. The average Bonchev–Trinajstić information content (AvgIpc) is 2.35. The molecule has 2 amide bonds. The Hall–Kier alpha value is -2.01. The maximum absolute atomic E-state index is 12.0. The highest BCUT2D eigenvalue weighted by Gasteiger charge is 2.19. The van der Waals surface area contributed by atoms with Gasteiger partial charge in [0.05, 0.1) is 0 Å². The molecule has 0 fully saturated rings. The van der Waals surface area contributed by atoms with Crippen LogP contribution < -0.4 is 10.2 Å². The van der Waals surface area contributed by atoms with E-state index in [2.05, 4.69) is 11.9 Å². The van der Waals surface area contributed by atoms with Crippen molar-refractivity contribution >= 4 is 29.3 Å². The van der Waals surface area contributed by atoms with Gasteiger partial charge in [-0.15, -0.1) is 6.58 Å². The number of carbonyl (C=O) groups is 2. The fourth-order valence-corrected chi connectivity index (χ4v) is 1.58. The van der Waals surface area contributed by atoms with E-state index in [1.54, 1.807) is 31.2 Å². The van der Waals surface area contributed by atoms with E-state index < -0.39 is 18.5 Å². The molecule has 0 aromatic heterocycles. The zero-order valence-electron chi connectivity index (χ0n) is 10.5. The fraction of sp³-hybridized carbons (Fsp3) is 0.231. The first-order chi connectivity index (χ1) is 8.93. The second-order valence-corrected chi connectivity index (χ2v) is 4.37. The molecule has 0 aliphatic heterocycles. The summed E-state index contributed by atoms with van der Waals surface area (Å²) in [5.74, 6) is -1.11. The number of carboxylic acids is 1. The van der Waals surface area contributed by atoms with Crippen LogP contribution in [0, 0.1) is 0 Å². The molecule has 0 heterocycles. The molecular weight excluding hydrogens is 268 g/mol. The molecule has 19 heavy (non-hydrogen) atoms. The van der Waals surface area contributed by atoms with E-state index in [4.69, 9.17) is 16.7 Å². The SMILES string of the molecule is C=CC(C)NC(=O)N(CC(=O)O)c1cccc(Cl)c1. The summed E-state index contributed by atoms with van der Waals surface area (Å²) in [6.45, 7) is 4.84. The van der Waals surface area contributed by atoms with Crippen molar-refractivity contribution in [3.8, 4) is 0 Å². The molecule has 1 aromatic carbocycles. The maximum atomic E-state index is 12.0. The molecule has 6 heteroatoms. The highest BCUT2D eigenvalue weighted by atomic mass is 35.5. The molecular formula is C13H15ClN2O3. The Bertz CT molecular complexity index is 491. The Kier molecular flexibility index (Phi) is 5.38. The van der Waals surface area contributed by atoms with Crippen LogP contribution in [0.4, 0.5) is 10.5 Å². The van der Waals surface area contributed by atoms with E-state index in [9.17, 15) is 9.59 Å².